The largest absolute Gasteiger partial charge is 0.379 e. The first-order valence-electron chi connectivity index (χ1n) is 7.22. The van der Waals surface area contributed by atoms with Crippen molar-refractivity contribution < 1.29 is 9.53 Å². The van der Waals surface area contributed by atoms with E-state index in [-0.39, 0.29) is 0 Å². The molecule has 0 N–H and O–H groups in total. The highest BCUT2D eigenvalue weighted by Crippen LogP contribution is 2.38. The van der Waals surface area contributed by atoms with Gasteiger partial charge < -0.3 is 4.74 Å². The molecule has 3 unspecified atom stereocenters. The number of hydrogen-bond donors (Lipinski definition) is 0. The molecule has 0 aromatic heterocycles. The van der Waals surface area contributed by atoms with E-state index in [1.807, 2.05) is 0 Å². The molecule has 1 aliphatic heterocycles. The van der Waals surface area contributed by atoms with Crippen LogP contribution in [0.15, 0.2) is 0 Å². The molecular weight excluding hydrogens is 214 g/mol. The van der Waals surface area contributed by atoms with E-state index < -0.39 is 0 Å². The number of rotatable bonds is 1. The van der Waals surface area contributed by atoms with E-state index in [9.17, 15) is 4.79 Å². The smallest absolute Gasteiger partial charge is 0.140 e. The van der Waals surface area contributed by atoms with Crippen molar-refractivity contribution in [3.63, 3.8) is 0 Å². The first-order chi connectivity index (χ1) is 8.36. The van der Waals surface area contributed by atoms with E-state index in [1.165, 1.54) is 19.3 Å². The van der Waals surface area contributed by atoms with Gasteiger partial charge in [-0.05, 0) is 25.7 Å². The maximum absolute atomic E-state index is 12.4. The van der Waals surface area contributed by atoms with Gasteiger partial charge in [-0.25, -0.2) is 0 Å². The lowest BCUT2D eigenvalue weighted by Gasteiger charge is -2.42. The van der Waals surface area contributed by atoms with Gasteiger partial charge >= 0.3 is 0 Å². The quantitative estimate of drug-likeness (QED) is 0.697. The molecule has 1 heterocycles. The highest BCUT2D eigenvalue weighted by molar-refractivity contribution is 5.85. The average Bonchev–Trinajstić information content (AvgIpc) is 2.49. The zero-order chi connectivity index (χ0) is 11.7. The molecule has 3 rings (SSSR count). The molecule has 3 nitrogen and oxygen atoms in total. The molecule has 17 heavy (non-hydrogen) atoms. The summed E-state index contributed by atoms with van der Waals surface area (Å²) in [5.41, 5.74) is 0. The van der Waals surface area contributed by atoms with E-state index in [0.29, 0.717) is 23.7 Å². The molecule has 2 aliphatic carbocycles. The maximum atomic E-state index is 12.4. The minimum Gasteiger partial charge on any atom is -0.379 e. The zero-order valence-electron chi connectivity index (χ0n) is 10.6. The second-order valence-corrected chi connectivity index (χ2v) is 5.78. The monoisotopic (exact) mass is 237 g/mol. The Kier molecular flexibility index (Phi) is 3.48. The normalized spacial score (nSPS) is 40.0. The Hall–Kier alpha value is -0.410. The molecule has 3 heteroatoms. The van der Waals surface area contributed by atoms with Crippen molar-refractivity contribution in [3.05, 3.63) is 0 Å². The predicted octanol–water partition coefficient (Wildman–Crippen LogP) is 1.86. The van der Waals surface area contributed by atoms with Crippen molar-refractivity contribution >= 4 is 5.78 Å². The molecule has 3 fully saturated rings. The van der Waals surface area contributed by atoms with Gasteiger partial charge in [0, 0.05) is 31.0 Å². The van der Waals surface area contributed by atoms with Crippen LogP contribution in [0.1, 0.15) is 38.5 Å². The molecule has 0 aromatic carbocycles. The zero-order valence-corrected chi connectivity index (χ0v) is 10.6. The predicted molar refractivity (Wildman–Crippen MR) is 65.9 cm³/mol. The fourth-order valence-electron chi connectivity index (χ4n) is 3.93. The number of hydrogen-bond acceptors (Lipinski definition) is 3. The molecular formula is C14H23NO2. The molecule has 2 bridgehead atoms. The van der Waals surface area contributed by atoms with E-state index in [1.54, 1.807) is 0 Å². The maximum Gasteiger partial charge on any atom is 0.140 e. The lowest BCUT2D eigenvalue weighted by atomic mass is 9.75. The second-order valence-electron chi connectivity index (χ2n) is 5.78. The van der Waals surface area contributed by atoms with E-state index in [4.69, 9.17) is 4.74 Å². The second kappa shape index (κ2) is 5.07. The van der Waals surface area contributed by atoms with Crippen molar-refractivity contribution in [1.29, 1.82) is 0 Å². The summed E-state index contributed by atoms with van der Waals surface area (Å²) in [7, 11) is 0. The van der Waals surface area contributed by atoms with Crippen LogP contribution >= 0.6 is 0 Å². The number of carbonyl (C=O) groups is 1. The summed E-state index contributed by atoms with van der Waals surface area (Å²) in [6, 6.07) is 0.528. The summed E-state index contributed by atoms with van der Waals surface area (Å²) in [6.07, 6.45) is 7.19. The summed E-state index contributed by atoms with van der Waals surface area (Å²) in [6.45, 7) is 3.75. The molecule has 3 aliphatic rings. The van der Waals surface area contributed by atoms with Crippen LogP contribution in [0.4, 0.5) is 0 Å². The SMILES string of the molecule is O=C1C2CCCCC1C(N1CCOCC1)CC2. The molecule has 0 amide bonds. The minimum atomic E-state index is 0.342. The van der Waals surface area contributed by atoms with Crippen LogP contribution in [0.3, 0.4) is 0 Å². The van der Waals surface area contributed by atoms with Gasteiger partial charge in [0.15, 0.2) is 0 Å². The van der Waals surface area contributed by atoms with E-state index in [0.717, 1.165) is 45.6 Å². The van der Waals surface area contributed by atoms with Crippen molar-refractivity contribution in [2.45, 2.75) is 44.6 Å². The number of ketones is 1. The van der Waals surface area contributed by atoms with Crippen molar-refractivity contribution in [2.75, 3.05) is 26.3 Å². The average molecular weight is 237 g/mol. The lowest BCUT2D eigenvalue weighted by molar-refractivity contribution is -0.133. The van der Waals surface area contributed by atoms with Gasteiger partial charge in [0.2, 0.25) is 0 Å². The van der Waals surface area contributed by atoms with Crippen LogP contribution in [-0.4, -0.2) is 43.0 Å². The van der Waals surface area contributed by atoms with Crippen molar-refractivity contribution in [1.82, 2.24) is 4.90 Å². The fraction of sp³-hybridized carbons (Fsp3) is 0.929. The van der Waals surface area contributed by atoms with Crippen LogP contribution in [-0.2, 0) is 9.53 Å². The Morgan fingerprint density at radius 1 is 1.00 bits per heavy atom. The Labute approximate surface area is 104 Å². The van der Waals surface area contributed by atoms with Gasteiger partial charge in [0.25, 0.3) is 0 Å². The fourth-order valence-corrected chi connectivity index (χ4v) is 3.93. The summed E-state index contributed by atoms with van der Waals surface area (Å²) in [5.74, 6) is 1.33. The van der Waals surface area contributed by atoms with Gasteiger partial charge in [-0.3, -0.25) is 9.69 Å². The van der Waals surface area contributed by atoms with Crippen LogP contribution in [0, 0.1) is 11.8 Å². The van der Waals surface area contributed by atoms with Crippen LogP contribution in [0.2, 0.25) is 0 Å². The Bertz CT molecular complexity index is 286. The standard InChI is InChI=1S/C14H23NO2/c16-14-11-3-1-2-4-12(14)13(6-5-11)15-7-9-17-10-8-15/h11-13H,1-10H2. The summed E-state index contributed by atoms with van der Waals surface area (Å²) >= 11 is 0. The molecule has 3 atom stereocenters. The molecule has 0 aromatic rings. The van der Waals surface area contributed by atoms with Gasteiger partial charge in [0.1, 0.15) is 5.78 Å². The summed E-state index contributed by atoms with van der Waals surface area (Å²) in [4.78, 5) is 14.9. The van der Waals surface area contributed by atoms with Crippen LogP contribution < -0.4 is 0 Å². The molecule has 0 spiro atoms. The van der Waals surface area contributed by atoms with E-state index >= 15 is 0 Å². The first-order valence-corrected chi connectivity index (χ1v) is 7.22. The number of ether oxygens (including phenoxy) is 1. The highest BCUT2D eigenvalue weighted by atomic mass is 16.5. The van der Waals surface area contributed by atoms with Gasteiger partial charge in [-0.2, -0.15) is 0 Å². The van der Waals surface area contributed by atoms with Gasteiger partial charge in [-0.1, -0.05) is 12.8 Å². The van der Waals surface area contributed by atoms with Crippen molar-refractivity contribution in [3.8, 4) is 0 Å². The number of carbonyl (C=O) groups excluding carboxylic acids is 1. The first kappa shape index (κ1) is 11.7. The lowest BCUT2D eigenvalue weighted by Crippen LogP contribution is -2.51. The number of fused-ring (bicyclic) bond motifs is 2. The van der Waals surface area contributed by atoms with Crippen molar-refractivity contribution in [2.24, 2.45) is 11.8 Å². The topological polar surface area (TPSA) is 29.5 Å². The van der Waals surface area contributed by atoms with Gasteiger partial charge in [0.05, 0.1) is 13.2 Å². The highest BCUT2D eigenvalue weighted by Gasteiger charge is 2.41. The Morgan fingerprint density at radius 3 is 2.59 bits per heavy atom. The van der Waals surface area contributed by atoms with Crippen LogP contribution in [0.5, 0.6) is 0 Å². The third-order valence-corrected chi connectivity index (χ3v) is 4.88. The number of Topliss-reactive ketones (excluding diaryl/α,β-unsaturated/α-hetero) is 1. The minimum absolute atomic E-state index is 0.342. The Morgan fingerprint density at radius 2 is 1.76 bits per heavy atom. The molecule has 0 radical (unpaired) electrons. The Balaban J connectivity index is 1.73. The van der Waals surface area contributed by atoms with Crippen LogP contribution in [0.25, 0.3) is 0 Å². The van der Waals surface area contributed by atoms with E-state index in [2.05, 4.69) is 4.90 Å². The summed E-state index contributed by atoms with van der Waals surface area (Å²) in [5, 5.41) is 0. The number of nitrogens with zero attached hydrogens (tertiary/aromatic N) is 1. The third kappa shape index (κ3) is 2.27. The number of morpholine rings is 1. The molecule has 1 saturated heterocycles. The third-order valence-electron chi connectivity index (χ3n) is 4.88. The van der Waals surface area contributed by atoms with Gasteiger partial charge in [-0.15, -0.1) is 0 Å². The molecule has 96 valence electrons. The summed E-state index contributed by atoms with van der Waals surface area (Å²) < 4.78 is 5.42. The molecule has 2 saturated carbocycles.